The van der Waals surface area contributed by atoms with Gasteiger partial charge in [0.1, 0.15) is 48.8 Å². The zero-order valence-corrected chi connectivity index (χ0v) is 16.0. The van der Waals surface area contributed by atoms with Crippen molar-refractivity contribution in [1.29, 1.82) is 0 Å². The smallest absolute Gasteiger partial charge is 0.187 e. The minimum Gasteiger partial charge on any atom is -0.394 e. The van der Waals surface area contributed by atoms with Crippen LogP contribution in [0.25, 0.3) is 0 Å². The Labute approximate surface area is 172 Å². The SMILES string of the molecule is OC[C@H]1O[C@H](OC[C@H]2O[C@H](OCc3ccccc3)[C@@H](O)[C@@H](O)[C@@H]2O)[C@@H](O)[C@@H](O)[C@@H]1O. The Morgan fingerprint density at radius 2 is 1.20 bits per heavy atom. The summed E-state index contributed by atoms with van der Waals surface area (Å²) in [7, 11) is 0. The average Bonchev–Trinajstić information content (AvgIpc) is 2.76. The van der Waals surface area contributed by atoms with Gasteiger partial charge in [-0.25, -0.2) is 0 Å². The van der Waals surface area contributed by atoms with Gasteiger partial charge in [0.2, 0.25) is 0 Å². The summed E-state index contributed by atoms with van der Waals surface area (Å²) in [6.07, 6.45) is -14.4. The van der Waals surface area contributed by atoms with Gasteiger partial charge in [-0.15, -0.1) is 0 Å². The van der Waals surface area contributed by atoms with E-state index in [1.807, 2.05) is 18.2 Å². The maximum atomic E-state index is 10.2. The quantitative estimate of drug-likeness (QED) is 0.231. The van der Waals surface area contributed by atoms with Crippen LogP contribution in [0.5, 0.6) is 0 Å². The minimum absolute atomic E-state index is 0.0890. The zero-order valence-electron chi connectivity index (χ0n) is 16.0. The fourth-order valence-electron chi connectivity index (χ4n) is 3.34. The molecule has 2 fully saturated rings. The van der Waals surface area contributed by atoms with Crippen LogP contribution in [-0.2, 0) is 25.6 Å². The van der Waals surface area contributed by atoms with E-state index in [9.17, 15) is 35.7 Å². The Morgan fingerprint density at radius 1 is 0.667 bits per heavy atom. The number of aliphatic hydroxyl groups is 7. The Hall–Kier alpha value is -1.22. The van der Waals surface area contributed by atoms with Crippen LogP contribution in [0.15, 0.2) is 30.3 Å². The van der Waals surface area contributed by atoms with Gasteiger partial charge >= 0.3 is 0 Å². The molecule has 1 aromatic carbocycles. The van der Waals surface area contributed by atoms with Crippen molar-refractivity contribution in [3.8, 4) is 0 Å². The van der Waals surface area contributed by atoms with Crippen LogP contribution in [-0.4, -0.2) is 110 Å². The van der Waals surface area contributed by atoms with Crippen molar-refractivity contribution in [2.24, 2.45) is 0 Å². The molecule has 2 aliphatic rings. The van der Waals surface area contributed by atoms with E-state index >= 15 is 0 Å². The van der Waals surface area contributed by atoms with E-state index in [1.54, 1.807) is 12.1 Å². The summed E-state index contributed by atoms with van der Waals surface area (Å²) in [5.41, 5.74) is 0.808. The van der Waals surface area contributed by atoms with E-state index in [0.717, 1.165) is 5.56 Å². The Kier molecular flexibility index (Phi) is 8.12. The summed E-state index contributed by atoms with van der Waals surface area (Å²) in [6.45, 7) is -0.932. The van der Waals surface area contributed by atoms with E-state index < -0.39 is 74.6 Å². The molecule has 2 saturated heterocycles. The van der Waals surface area contributed by atoms with Gasteiger partial charge in [-0.05, 0) is 5.56 Å². The van der Waals surface area contributed by atoms with Crippen LogP contribution in [0.2, 0.25) is 0 Å². The maximum absolute atomic E-state index is 10.2. The summed E-state index contributed by atoms with van der Waals surface area (Å²) in [6, 6.07) is 9.07. The Balaban J connectivity index is 1.58. The minimum atomic E-state index is -1.62. The molecule has 0 aromatic heterocycles. The van der Waals surface area contributed by atoms with E-state index in [-0.39, 0.29) is 6.61 Å². The number of hydrogen-bond donors (Lipinski definition) is 7. The Morgan fingerprint density at radius 3 is 1.80 bits per heavy atom. The molecule has 11 nitrogen and oxygen atoms in total. The highest BCUT2D eigenvalue weighted by molar-refractivity contribution is 5.13. The van der Waals surface area contributed by atoms with Gasteiger partial charge in [0.05, 0.1) is 19.8 Å². The van der Waals surface area contributed by atoms with Gasteiger partial charge in [0, 0.05) is 0 Å². The van der Waals surface area contributed by atoms with E-state index in [4.69, 9.17) is 18.9 Å². The fraction of sp³-hybridized carbons (Fsp3) is 0.684. The van der Waals surface area contributed by atoms with Gasteiger partial charge in [0.15, 0.2) is 12.6 Å². The van der Waals surface area contributed by atoms with Crippen molar-refractivity contribution in [2.75, 3.05) is 13.2 Å². The largest absolute Gasteiger partial charge is 0.394 e. The molecule has 0 unspecified atom stereocenters. The first-order chi connectivity index (χ1) is 14.3. The molecule has 2 aliphatic heterocycles. The molecular weight excluding hydrogens is 404 g/mol. The van der Waals surface area contributed by atoms with Crippen molar-refractivity contribution < 1.29 is 54.7 Å². The fourth-order valence-corrected chi connectivity index (χ4v) is 3.34. The Bertz CT molecular complexity index is 645. The molecule has 0 saturated carbocycles. The lowest BCUT2D eigenvalue weighted by molar-refractivity contribution is -0.332. The normalized spacial score (nSPS) is 42.2. The third kappa shape index (κ3) is 5.15. The standard InChI is InChI=1S/C19H28O11/c20-6-10-12(21)14(23)16(25)19(29-10)28-8-11-13(22)15(24)17(26)18(30-11)27-7-9-4-2-1-3-5-9/h1-5,10-26H,6-8H2/t10-,11-,12-,13-,14+,15+,16+,17+,18+,19+/m1/s1. The van der Waals surface area contributed by atoms with Crippen molar-refractivity contribution >= 4 is 0 Å². The molecule has 0 amide bonds. The van der Waals surface area contributed by atoms with E-state index in [2.05, 4.69) is 0 Å². The molecule has 170 valence electrons. The molecular formula is C19H28O11. The second kappa shape index (κ2) is 10.4. The molecule has 0 bridgehead atoms. The number of hydrogen-bond acceptors (Lipinski definition) is 11. The van der Waals surface area contributed by atoms with Crippen molar-refractivity contribution in [3.63, 3.8) is 0 Å². The summed E-state index contributed by atoms with van der Waals surface area (Å²) >= 11 is 0. The number of benzene rings is 1. The van der Waals surface area contributed by atoms with Crippen LogP contribution in [0.4, 0.5) is 0 Å². The van der Waals surface area contributed by atoms with Crippen molar-refractivity contribution in [1.82, 2.24) is 0 Å². The molecule has 3 rings (SSSR count). The summed E-state index contributed by atoms with van der Waals surface area (Å²) in [4.78, 5) is 0. The third-order valence-corrected chi connectivity index (χ3v) is 5.20. The first-order valence-corrected chi connectivity index (χ1v) is 9.60. The third-order valence-electron chi connectivity index (χ3n) is 5.20. The molecule has 7 N–H and O–H groups in total. The lowest BCUT2D eigenvalue weighted by Gasteiger charge is -2.42. The molecule has 11 heteroatoms. The number of ether oxygens (including phenoxy) is 4. The molecule has 0 aliphatic carbocycles. The lowest BCUT2D eigenvalue weighted by Crippen LogP contribution is -2.61. The molecule has 10 atom stereocenters. The second-order valence-electron chi connectivity index (χ2n) is 7.34. The van der Waals surface area contributed by atoms with Crippen LogP contribution in [0, 0.1) is 0 Å². The number of rotatable bonds is 7. The second-order valence-corrected chi connectivity index (χ2v) is 7.34. The summed E-state index contributed by atoms with van der Waals surface area (Å²) in [5, 5.41) is 69.3. The van der Waals surface area contributed by atoms with Crippen molar-refractivity contribution in [2.45, 2.75) is 68.0 Å². The molecule has 30 heavy (non-hydrogen) atoms. The topological polar surface area (TPSA) is 179 Å². The highest BCUT2D eigenvalue weighted by Crippen LogP contribution is 2.26. The monoisotopic (exact) mass is 432 g/mol. The van der Waals surface area contributed by atoms with Crippen LogP contribution in [0.3, 0.4) is 0 Å². The average molecular weight is 432 g/mol. The molecule has 0 spiro atoms. The van der Waals surface area contributed by atoms with Gasteiger partial charge in [-0.2, -0.15) is 0 Å². The predicted molar refractivity (Wildman–Crippen MR) is 97.6 cm³/mol. The molecule has 0 radical (unpaired) electrons. The molecule has 1 aromatic rings. The van der Waals surface area contributed by atoms with E-state index in [0.29, 0.717) is 0 Å². The predicted octanol–water partition coefficient (Wildman–Crippen LogP) is -3.17. The summed E-state index contributed by atoms with van der Waals surface area (Å²) in [5.74, 6) is 0. The van der Waals surface area contributed by atoms with Crippen LogP contribution in [0.1, 0.15) is 5.56 Å². The van der Waals surface area contributed by atoms with Crippen LogP contribution < -0.4 is 0 Å². The maximum Gasteiger partial charge on any atom is 0.187 e. The lowest BCUT2D eigenvalue weighted by atomic mass is 9.98. The van der Waals surface area contributed by atoms with Gasteiger partial charge < -0.3 is 54.7 Å². The van der Waals surface area contributed by atoms with Gasteiger partial charge in [-0.3, -0.25) is 0 Å². The first kappa shape index (κ1) is 23.4. The van der Waals surface area contributed by atoms with Crippen molar-refractivity contribution in [3.05, 3.63) is 35.9 Å². The van der Waals surface area contributed by atoms with Crippen LogP contribution >= 0.6 is 0 Å². The highest BCUT2D eigenvalue weighted by Gasteiger charge is 2.47. The first-order valence-electron chi connectivity index (χ1n) is 9.60. The van der Waals surface area contributed by atoms with Gasteiger partial charge in [-0.1, -0.05) is 30.3 Å². The molecule has 2 heterocycles. The van der Waals surface area contributed by atoms with E-state index in [1.165, 1.54) is 0 Å². The number of aliphatic hydroxyl groups excluding tert-OH is 7. The summed E-state index contributed by atoms with van der Waals surface area (Å²) < 4.78 is 21.6. The van der Waals surface area contributed by atoms with Gasteiger partial charge in [0.25, 0.3) is 0 Å². The highest BCUT2D eigenvalue weighted by atomic mass is 16.7. The zero-order chi connectivity index (χ0) is 21.8.